The summed E-state index contributed by atoms with van der Waals surface area (Å²) in [5, 5.41) is 43.4. The fourth-order valence-corrected chi connectivity index (χ4v) is 4.49. The fourth-order valence-electron chi connectivity index (χ4n) is 4.49. The quantitative estimate of drug-likeness (QED) is 0.318. The van der Waals surface area contributed by atoms with Gasteiger partial charge in [-0.1, -0.05) is 48.5 Å². The van der Waals surface area contributed by atoms with Crippen LogP contribution < -0.4 is 0 Å². The van der Waals surface area contributed by atoms with Crippen molar-refractivity contribution in [3.8, 4) is 24.3 Å². The standard InChI is InChI=1S/C26H8N8/c27-9-17-19(11-29)33-25-23(31-17)21-15-7-3-1-5-13(15)14-6-2-4-8-16(14)22(21)24-26(25)34-20(12-30)18(10-28)32-24/h1-8H. The Morgan fingerprint density at radius 2 is 0.706 bits per heavy atom. The molecule has 34 heavy (non-hydrogen) atoms. The average Bonchev–Trinajstić information content (AvgIpc) is 2.91. The van der Waals surface area contributed by atoms with Crippen LogP contribution in [-0.2, 0) is 0 Å². The Hall–Kier alpha value is -5.70. The fraction of sp³-hybridized carbons (Fsp3) is 0. The van der Waals surface area contributed by atoms with E-state index in [9.17, 15) is 21.0 Å². The van der Waals surface area contributed by atoms with Crippen molar-refractivity contribution >= 4 is 54.4 Å². The van der Waals surface area contributed by atoms with Gasteiger partial charge in [0.2, 0.25) is 0 Å². The van der Waals surface area contributed by atoms with Crippen LogP contribution in [0.3, 0.4) is 0 Å². The normalized spacial score (nSPS) is 10.8. The molecule has 2 aromatic heterocycles. The van der Waals surface area contributed by atoms with Gasteiger partial charge < -0.3 is 0 Å². The van der Waals surface area contributed by atoms with Crippen LogP contribution in [0.1, 0.15) is 22.8 Å². The third-order valence-electron chi connectivity index (χ3n) is 5.85. The Bertz CT molecular complexity index is 1920. The third kappa shape index (κ3) is 2.37. The Kier molecular flexibility index (Phi) is 3.86. The number of aromatic nitrogens is 4. The van der Waals surface area contributed by atoms with Gasteiger partial charge in [-0.15, -0.1) is 0 Å². The van der Waals surface area contributed by atoms with Crippen molar-refractivity contribution in [2.45, 2.75) is 0 Å². The molecule has 0 amide bonds. The highest BCUT2D eigenvalue weighted by Gasteiger charge is 2.22. The summed E-state index contributed by atoms with van der Waals surface area (Å²) >= 11 is 0. The van der Waals surface area contributed by atoms with Gasteiger partial charge in [-0.05, 0) is 21.5 Å². The minimum absolute atomic E-state index is 0.102. The van der Waals surface area contributed by atoms with Gasteiger partial charge in [0.15, 0.2) is 22.8 Å². The summed E-state index contributed by atoms with van der Waals surface area (Å²) in [4.78, 5) is 17.9. The van der Waals surface area contributed by atoms with Crippen molar-refractivity contribution < 1.29 is 0 Å². The maximum Gasteiger partial charge on any atom is 0.177 e. The molecule has 0 aliphatic carbocycles. The van der Waals surface area contributed by atoms with E-state index in [0.29, 0.717) is 21.8 Å². The van der Waals surface area contributed by atoms with Crippen LogP contribution in [0, 0.1) is 45.3 Å². The summed E-state index contributed by atoms with van der Waals surface area (Å²) in [6.07, 6.45) is 0. The summed E-state index contributed by atoms with van der Waals surface area (Å²) in [5.41, 5.74) is 0.741. The summed E-state index contributed by atoms with van der Waals surface area (Å²) in [6, 6.07) is 23.3. The Balaban J connectivity index is 2.09. The number of hydrogen-bond donors (Lipinski definition) is 0. The number of benzene rings is 4. The zero-order valence-corrected chi connectivity index (χ0v) is 17.2. The molecule has 4 aromatic carbocycles. The Labute approximate surface area is 191 Å². The van der Waals surface area contributed by atoms with E-state index < -0.39 is 0 Å². The zero-order chi connectivity index (χ0) is 23.4. The van der Waals surface area contributed by atoms with Crippen molar-refractivity contribution in [1.29, 1.82) is 21.0 Å². The molecule has 0 bridgehead atoms. The molecule has 6 aromatic rings. The monoisotopic (exact) mass is 432 g/mol. The Morgan fingerprint density at radius 3 is 1.03 bits per heavy atom. The first-order valence-corrected chi connectivity index (χ1v) is 10.1. The predicted octanol–water partition coefficient (Wildman–Crippen LogP) is 4.52. The van der Waals surface area contributed by atoms with Crippen LogP contribution in [0.15, 0.2) is 48.5 Å². The van der Waals surface area contributed by atoms with Gasteiger partial charge >= 0.3 is 0 Å². The van der Waals surface area contributed by atoms with Crippen molar-refractivity contribution in [2.75, 3.05) is 0 Å². The van der Waals surface area contributed by atoms with Crippen LogP contribution in [-0.4, -0.2) is 19.9 Å². The molecular formula is C26H8N8. The minimum atomic E-state index is -0.148. The summed E-state index contributed by atoms with van der Waals surface area (Å²) < 4.78 is 0. The molecule has 152 valence electrons. The molecule has 0 aliphatic rings. The van der Waals surface area contributed by atoms with E-state index in [4.69, 9.17) is 0 Å². The van der Waals surface area contributed by atoms with E-state index in [1.807, 2.05) is 72.8 Å². The number of nitrogens with zero attached hydrogens (tertiary/aromatic N) is 8. The van der Waals surface area contributed by atoms with Crippen LogP contribution in [0.4, 0.5) is 0 Å². The van der Waals surface area contributed by atoms with Crippen LogP contribution in [0.5, 0.6) is 0 Å². The molecule has 0 saturated carbocycles. The van der Waals surface area contributed by atoms with Gasteiger partial charge in [0.1, 0.15) is 46.3 Å². The molecule has 2 heterocycles. The minimum Gasteiger partial charge on any atom is -0.232 e. The lowest BCUT2D eigenvalue weighted by Crippen LogP contribution is -2.02. The first-order valence-electron chi connectivity index (χ1n) is 10.1. The van der Waals surface area contributed by atoms with Gasteiger partial charge in [0.25, 0.3) is 0 Å². The molecule has 0 aliphatic heterocycles. The van der Waals surface area contributed by atoms with E-state index in [1.165, 1.54) is 0 Å². The number of rotatable bonds is 0. The third-order valence-corrected chi connectivity index (χ3v) is 5.85. The second-order valence-corrected chi connectivity index (χ2v) is 7.52. The second-order valence-electron chi connectivity index (χ2n) is 7.52. The lowest BCUT2D eigenvalue weighted by atomic mass is 9.92. The van der Waals surface area contributed by atoms with Crippen LogP contribution in [0.2, 0.25) is 0 Å². The van der Waals surface area contributed by atoms with E-state index in [1.54, 1.807) is 0 Å². The van der Waals surface area contributed by atoms with Gasteiger partial charge in [0.05, 0.1) is 0 Å². The van der Waals surface area contributed by atoms with E-state index in [-0.39, 0.29) is 33.8 Å². The molecular weight excluding hydrogens is 424 g/mol. The smallest absolute Gasteiger partial charge is 0.177 e. The van der Waals surface area contributed by atoms with Gasteiger partial charge in [-0.3, -0.25) is 0 Å². The summed E-state index contributed by atoms with van der Waals surface area (Å²) in [7, 11) is 0. The highest BCUT2D eigenvalue weighted by atomic mass is 14.9. The van der Waals surface area contributed by atoms with Crippen LogP contribution in [0.25, 0.3) is 54.4 Å². The highest BCUT2D eigenvalue weighted by Crippen LogP contribution is 2.42. The highest BCUT2D eigenvalue weighted by molar-refractivity contribution is 6.37. The lowest BCUT2D eigenvalue weighted by molar-refractivity contribution is 1.18. The summed E-state index contributed by atoms with van der Waals surface area (Å²) in [5.74, 6) is 0. The maximum atomic E-state index is 9.62. The molecule has 8 nitrogen and oxygen atoms in total. The number of fused-ring (bicyclic) bond motifs is 11. The maximum absolute atomic E-state index is 9.62. The predicted molar refractivity (Wildman–Crippen MR) is 124 cm³/mol. The first kappa shape index (κ1) is 19.0. The van der Waals surface area contributed by atoms with Gasteiger partial charge in [-0.2, -0.15) is 21.0 Å². The van der Waals surface area contributed by atoms with E-state index in [2.05, 4.69) is 19.9 Å². The van der Waals surface area contributed by atoms with Crippen LogP contribution >= 0.6 is 0 Å². The van der Waals surface area contributed by atoms with Crippen molar-refractivity contribution in [3.05, 3.63) is 71.3 Å². The molecule has 0 saturated heterocycles. The molecule has 0 unspecified atom stereocenters. The second kappa shape index (κ2) is 6.90. The molecule has 6 rings (SSSR count). The average molecular weight is 432 g/mol. The van der Waals surface area contributed by atoms with Crippen molar-refractivity contribution in [3.63, 3.8) is 0 Å². The van der Waals surface area contributed by atoms with E-state index >= 15 is 0 Å². The molecule has 0 spiro atoms. The van der Waals surface area contributed by atoms with Crippen molar-refractivity contribution in [1.82, 2.24) is 19.9 Å². The molecule has 0 N–H and O–H groups in total. The topological polar surface area (TPSA) is 147 Å². The molecule has 0 fully saturated rings. The lowest BCUT2D eigenvalue weighted by Gasteiger charge is -2.15. The van der Waals surface area contributed by atoms with Gasteiger partial charge in [0, 0.05) is 10.8 Å². The number of hydrogen-bond acceptors (Lipinski definition) is 8. The number of nitriles is 4. The first-order chi connectivity index (χ1) is 16.7. The molecule has 0 radical (unpaired) electrons. The molecule has 0 atom stereocenters. The van der Waals surface area contributed by atoms with Crippen molar-refractivity contribution in [2.24, 2.45) is 0 Å². The largest absolute Gasteiger partial charge is 0.232 e. The zero-order valence-electron chi connectivity index (χ0n) is 17.2. The summed E-state index contributed by atoms with van der Waals surface area (Å²) in [6.45, 7) is 0. The SMILES string of the molecule is N#Cc1nc2c3nc(C#N)c(C#N)nc3c3c4ccccc4c4ccccc4c3c2nc1C#N. The molecule has 8 heteroatoms. The van der Waals surface area contributed by atoms with Gasteiger partial charge in [-0.25, -0.2) is 19.9 Å². The van der Waals surface area contributed by atoms with E-state index in [0.717, 1.165) is 21.5 Å². The Morgan fingerprint density at radius 1 is 0.412 bits per heavy atom.